The van der Waals surface area contributed by atoms with Gasteiger partial charge in [-0.25, -0.2) is 9.59 Å². The van der Waals surface area contributed by atoms with Gasteiger partial charge in [0.1, 0.15) is 11.1 Å². The summed E-state index contributed by atoms with van der Waals surface area (Å²) in [6, 6.07) is 5.23. The third kappa shape index (κ3) is 8.61. The number of anilines is 2. The standard InChI is InChI=1S/C23H26N6O6/c1-33-20(24)18(22(30)31)13-29-17-9-15(10-27-12-17)5-4-8-35-23(32)19(21(25)34-2)14-28-16-6-3-7-26-11-16/h3,6-7,9-14,24-25,28-29H,4-5,8H2,1-2H3,(H,30,31)/b18-13+,19-14+,24-20?,25-21?. The highest BCUT2D eigenvalue weighted by Crippen LogP contribution is 2.12. The molecule has 0 amide bonds. The number of aryl methyl sites for hydroxylation is 1. The molecule has 0 unspecified atom stereocenters. The summed E-state index contributed by atoms with van der Waals surface area (Å²) in [5.41, 5.74) is 1.55. The minimum atomic E-state index is -1.30. The third-order valence-corrected chi connectivity index (χ3v) is 4.41. The number of ether oxygens (including phenoxy) is 3. The van der Waals surface area contributed by atoms with E-state index >= 15 is 0 Å². The minimum absolute atomic E-state index is 0.0770. The van der Waals surface area contributed by atoms with E-state index in [1.165, 1.54) is 26.6 Å². The van der Waals surface area contributed by atoms with Crippen molar-refractivity contribution >= 4 is 35.1 Å². The van der Waals surface area contributed by atoms with Crippen LogP contribution in [0, 0.1) is 10.8 Å². The van der Waals surface area contributed by atoms with Crippen LogP contribution < -0.4 is 10.6 Å². The number of methoxy groups -OCH3 is 2. The molecule has 0 saturated carbocycles. The molecule has 2 heterocycles. The van der Waals surface area contributed by atoms with Crippen molar-refractivity contribution in [1.82, 2.24) is 9.97 Å². The number of nitrogens with one attached hydrogen (secondary N) is 4. The average molecular weight is 482 g/mol. The van der Waals surface area contributed by atoms with E-state index < -0.39 is 17.8 Å². The Morgan fingerprint density at radius 1 is 1.00 bits per heavy atom. The molecule has 12 nitrogen and oxygen atoms in total. The largest absolute Gasteiger partial charge is 0.481 e. The Morgan fingerprint density at radius 3 is 2.31 bits per heavy atom. The van der Waals surface area contributed by atoms with E-state index in [1.54, 1.807) is 36.8 Å². The quantitative estimate of drug-likeness (QED) is 0.0992. The van der Waals surface area contributed by atoms with Crippen LogP contribution in [0.15, 0.2) is 66.5 Å². The number of carboxylic acid groups (broad SMARTS) is 1. The highest BCUT2D eigenvalue weighted by atomic mass is 16.5. The van der Waals surface area contributed by atoms with Crippen molar-refractivity contribution < 1.29 is 28.9 Å². The summed E-state index contributed by atoms with van der Waals surface area (Å²) in [4.78, 5) is 31.7. The molecule has 0 saturated heterocycles. The first-order chi connectivity index (χ1) is 16.8. The Kier molecular flexibility index (Phi) is 10.4. The lowest BCUT2D eigenvalue weighted by Crippen LogP contribution is -2.18. The zero-order valence-corrected chi connectivity index (χ0v) is 19.2. The lowest BCUT2D eigenvalue weighted by Gasteiger charge is -2.10. The van der Waals surface area contributed by atoms with Gasteiger partial charge in [0.2, 0.25) is 11.8 Å². The molecule has 0 fully saturated rings. The summed E-state index contributed by atoms with van der Waals surface area (Å²) in [5.74, 6) is -2.85. The van der Waals surface area contributed by atoms with Crippen LogP contribution in [0.3, 0.4) is 0 Å². The molecule has 5 N–H and O–H groups in total. The molecule has 35 heavy (non-hydrogen) atoms. The fraction of sp³-hybridized carbons (Fsp3) is 0.217. The Labute approximate surface area is 201 Å². The average Bonchev–Trinajstić information content (AvgIpc) is 2.87. The number of carbonyl (C=O) groups is 2. The van der Waals surface area contributed by atoms with Crippen LogP contribution in [0.25, 0.3) is 0 Å². The first kappa shape index (κ1) is 26.5. The van der Waals surface area contributed by atoms with Gasteiger partial charge in [0.15, 0.2) is 0 Å². The van der Waals surface area contributed by atoms with Gasteiger partial charge >= 0.3 is 11.9 Å². The number of rotatable bonds is 12. The highest BCUT2D eigenvalue weighted by molar-refractivity contribution is 6.15. The number of nitrogens with zero attached hydrogens (tertiary/aromatic N) is 2. The van der Waals surface area contributed by atoms with E-state index in [4.69, 9.17) is 25.4 Å². The van der Waals surface area contributed by atoms with E-state index in [9.17, 15) is 9.59 Å². The lowest BCUT2D eigenvalue weighted by atomic mass is 10.1. The maximum absolute atomic E-state index is 12.4. The van der Waals surface area contributed by atoms with E-state index in [1.807, 2.05) is 0 Å². The number of pyridine rings is 2. The second-order valence-corrected chi connectivity index (χ2v) is 6.84. The molecule has 184 valence electrons. The number of aromatic nitrogens is 2. The van der Waals surface area contributed by atoms with Crippen molar-refractivity contribution in [2.24, 2.45) is 0 Å². The summed E-state index contributed by atoms with van der Waals surface area (Å²) in [5, 5.41) is 30.2. The molecule has 2 aromatic rings. The Balaban J connectivity index is 1.92. The number of aliphatic carboxylic acids is 1. The van der Waals surface area contributed by atoms with Crippen LogP contribution in [-0.4, -0.2) is 59.6 Å². The normalized spacial score (nSPS) is 11.3. The first-order valence-electron chi connectivity index (χ1n) is 10.3. The molecule has 0 aliphatic rings. The Bertz CT molecular complexity index is 1120. The molecule has 2 rings (SSSR count). The van der Waals surface area contributed by atoms with Crippen LogP contribution in [0.2, 0.25) is 0 Å². The molecule has 0 aliphatic carbocycles. The zero-order valence-electron chi connectivity index (χ0n) is 19.2. The van der Waals surface area contributed by atoms with Gasteiger partial charge in [0.05, 0.1) is 44.6 Å². The topological polar surface area (TPSA) is 180 Å². The van der Waals surface area contributed by atoms with Crippen LogP contribution in [0.5, 0.6) is 0 Å². The van der Waals surface area contributed by atoms with E-state index in [2.05, 4.69) is 25.3 Å². The monoisotopic (exact) mass is 482 g/mol. The highest BCUT2D eigenvalue weighted by Gasteiger charge is 2.17. The summed E-state index contributed by atoms with van der Waals surface area (Å²) >= 11 is 0. The van der Waals surface area contributed by atoms with E-state index in [-0.39, 0.29) is 23.7 Å². The van der Waals surface area contributed by atoms with Crippen LogP contribution in [0.4, 0.5) is 11.4 Å². The van der Waals surface area contributed by atoms with Gasteiger partial charge in [-0.2, -0.15) is 0 Å². The van der Waals surface area contributed by atoms with Crippen molar-refractivity contribution in [3.63, 3.8) is 0 Å². The Hall–Kier alpha value is -4.74. The number of hydrogen-bond donors (Lipinski definition) is 5. The zero-order chi connectivity index (χ0) is 25.6. The summed E-state index contributed by atoms with van der Waals surface area (Å²) in [6.45, 7) is 0.0891. The molecule has 0 radical (unpaired) electrons. The van der Waals surface area contributed by atoms with E-state index in [0.717, 1.165) is 11.8 Å². The number of carbonyl (C=O) groups excluding carboxylic acids is 1. The second kappa shape index (κ2) is 13.7. The number of hydrogen-bond acceptors (Lipinski definition) is 11. The van der Waals surface area contributed by atoms with Gasteiger partial charge in [0, 0.05) is 24.8 Å². The molecule has 12 heteroatoms. The minimum Gasteiger partial charge on any atom is -0.481 e. The number of carboxylic acids is 1. The molecule has 0 aliphatic heterocycles. The van der Waals surface area contributed by atoms with Gasteiger partial charge in [-0.1, -0.05) is 0 Å². The summed E-state index contributed by atoms with van der Waals surface area (Å²) in [7, 11) is 2.50. The maximum Gasteiger partial charge on any atom is 0.345 e. The molecule has 2 aromatic heterocycles. The summed E-state index contributed by atoms with van der Waals surface area (Å²) < 4.78 is 14.8. The second-order valence-electron chi connectivity index (χ2n) is 6.84. The fourth-order valence-electron chi connectivity index (χ4n) is 2.64. The van der Waals surface area contributed by atoms with Gasteiger partial charge in [0.25, 0.3) is 0 Å². The molecule has 0 aromatic carbocycles. The third-order valence-electron chi connectivity index (χ3n) is 4.41. The van der Waals surface area contributed by atoms with Crippen LogP contribution >= 0.6 is 0 Å². The molecular formula is C23H26N6O6. The van der Waals surface area contributed by atoms with Gasteiger partial charge < -0.3 is 30.0 Å². The summed E-state index contributed by atoms with van der Waals surface area (Å²) in [6.07, 6.45) is 9.78. The van der Waals surface area contributed by atoms with Crippen molar-refractivity contribution in [3.05, 3.63) is 72.1 Å². The van der Waals surface area contributed by atoms with Crippen molar-refractivity contribution in [3.8, 4) is 0 Å². The van der Waals surface area contributed by atoms with Gasteiger partial charge in [-0.3, -0.25) is 20.8 Å². The number of esters is 1. The SMILES string of the molecule is COC(=N)/C(=C\Nc1cncc(CCCOC(=O)/C(=C/Nc2cccnc2)C(=N)OC)c1)C(=O)O. The Morgan fingerprint density at radius 2 is 1.66 bits per heavy atom. The van der Waals surface area contributed by atoms with Crippen molar-refractivity contribution in [2.45, 2.75) is 12.8 Å². The van der Waals surface area contributed by atoms with Gasteiger partial charge in [-0.05, 0) is 36.6 Å². The first-order valence-corrected chi connectivity index (χ1v) is 10.3. The lowest BCUT2D eigenvalue weighted by molar-refractivity contribution is -0.138. The van der Waals surface area contributed by atoms with Crippen LogP contribution in [0.1, 0.15) is 12.0 Å². The maximum atomic E-state index is 12.4. The smallest absolute Gasteiger partial charge is 0.345 e. The van der Waals surface area contributed by atoms with Crippen molar-refractivity contribution in [1.29, 1.82) is 10.8 Å². The van der Waals surface area contributed by atoms with Crippen molar-refractivity contribution in [2.75, 3.05) is 31.5 Å². The molecular weight excluding hydrogens is 456 g/mol. The molecule has 0 spiro atoms. The van der Waals surface area contributed by atoms with E-state index in [0.29, 0.717) is 24.2 Å². The molecule has 0 bridgehead atoms. The predicted molar refractivity (Wildman–Crippen MR) is 128 cm³/mol. The predicted octanol–water partition coefficient (Wildman–Crippen LogP) is 2.58. The van der Waals surface area contributed by atoms with Gasteiger partial charge in [-0.15, -0.1) is 0 Å². The molecule has 0 atom stereocenters. The fourth-order valence-corrected chi connectivity index (χ4v) is 2.64. The van der Waals surface area contributed by atoms with Crippen LogP contribution in [-0.2, 0) is 30.2 Å².